The molecule has 0 spiro atoms. The molecule has 14 aromatic rings. The van der Waals surface area contributed by atoms with Crippen molar-refractivity contribution in [2.75, 3.05) is 61.5 Å². The van der Waals surface area contributed by atoms with Crippen LogP contribution in [0.15, 0.2) is 356 Å². The lowest BCUT2D eigenvalue weighted by atomic mass is 10.1. The number of aliphatic hydroxyl groups excluding tert-OH is 1. The molecule has 8 aromatic heterocycles. The third-order valence-electron chi connectivity index (χ3n) is 19.5. The number of amides is 6. The first-order valence-corrected chi connectivity index (χ1v) is 49.1. The molecule has 4 aliphatic heterocycles. The Morgan fingerprint density at radius 2 is 0.746 bits per heavy atom. The van der Waals surface area contributed by atoms with Gasteiger partial charge in [-0.05, 0) is 128 Å². The van der Waals surface area contributed by atoms with Gasteiger partial charge in [-0.2, -0.15) is 24.8 Å². The van der Waals surface area contributed by atoms with Crippen molar-refractivity contribution in [2.45, 2.75) is 59.6 Å². The molecule has 0 bridgehead atoms. The van der Waals surface area contributed by atoms with E-state index < -0.39 is 39.5 Å². The molecule has 33 nitrogen and oxygen atoms in total. The minimum absolute atomic E-state index is 0.0376. The average molecular weight is 2040 g/mol. The third-order valence-corrected chi connectivity index (χ3v) is 25.8. The highest BCUT2D eigenvalue weighted by Crippen LogP contribution is 2.32. The SMILES string of the molecule is CCn1c(SCC(=O)Nc2ccccc2)nnc1-c1ccncc1.CN(C(=O)C(Cl)Sc1nnc(-c2ccncc2)n1C)c1ccccc1.O=C(CSC1=NN=C(c2cc(F)ncc2F)C1)Nc1ccccc1.O=C(CSC1=NN=C(c2ccncc2F)C1)Nc1ccccc1.O=C(CSC1=NN=C(c2ccncc2F)C1)Nc1ccccc1.O=C(Nc1ccccc1)C(O)SC1=NN=C(c2ccncc2)C1. The number of aliphatic hydroxyl groups is 1. The van der Waals surface area contributed by atoms with Gasteiger partial charge in [-0.3, -0.25) is 53.7 Å². The molecule has 6 aromatic carbocycles. The molecule has 142 heavy (non-hydrogen) atoms. The van der Waals surface area contributed by atoms with Crippen molar-refractivity contribution in [1.29, 1.82) is 0 Å². The zero-order valence-electron chi connectivity index (χ0n) is 75.5. The first-order valence-electron chi connectivity index (χ1n) is 43.0. The Labute approximate surface area is 841 Å². The van der Waals surface area contributed by atoms with Gasteiger partial charge in [-0.25, -0.2) is 18.2 Å². The molecule has 0 radical (unpaired) electrons. The van der Waals surface area contributed by atoms with Crippen LogP contribution in [0.1, 0.15) is 54.9 Å². The van der Waals surface area contributed by atoms with Crippen LogP contribution in [0.5, 0.6) is 0 Å². The van der Waals surface area contributed by atoms with E-state index in [2.05, 4.69) is 118 Å². The predicted octanol–water partition coefficient (Wildman–Crippen LogP) is 18.0. The fraction of sp³-hybridized carbons (Fsp3) is 0.143. The van der Waals surface area contributed by atoms with Crippen molar-refractivity contribution in [3.8, 4) is 22.8 Å². The van der Waals surface area contributed by atoms with Gasteiger partial charge >= 0.3 is 0 Å². The molecule has 0 fully saturated rings. The second-order valence-electron chi connectivity index (χ2n) is 29.5. The van der Waals surface area contributed by atoms with Crippen molar-refractivity contribution >= 4 is 195 Å². The van der Waals surface area contributed by atoms with Gasteiger partial charge in [-0.15, -0.1) is 40.8 Å². The Bertz CT molecular complexity index is 6780. The van der Waals surface area contributed by atoms with Gasteiger partial charge in [-0.1, -0.05) is 191 Å². The van der Waals surface area contributed by atoms with E-state index in [0.29, 0.717) is 90.1 Å². The van der Waals surface area contributed by atoms with Crippen LogP contribution in [-0.2, 0) is 42.4 Å². The van der Waals surface area contributed by atoms with E-state index in [1.807, 2.05) is 217 Å². The number of benzene rings is 6. The summed E-state index contributed by atoms with van der Waals surface area (Å²) in [5, 5.41) is 76.5. The number of para-hydroxylation sites is 6. The number of rotatable bonds is 27. The van der Waals surface area contributed by atoms with Gasteiger partial charge in [0.1, 0.15) is 20.2 Å². The monoisotopic (exact) mass is 2040 g/mol. The van der Waals surface area contributed by atoms with Crippen molar-refractivity contribution in [1.82, 2.24) is 59.4 Å². The zero-order valence-corrected chi connectivity index (χ0v) is 81.2. The average Bonchev–Trinajstić information content (AvgIpc) is 1.65. The molecule has 44 heteroatoms. The van der Waals surface area contributed by atoms with E-state index in [1.54, 1.807) is 80.6 Å². The summed E-state index contributed by atoms with van der Waals surface area (Å²) in [6.45, 7) is 2.76. The number of nitrogens with one attached hydrogen (secondary N) is 5. The molecular weight excluding hydrogens is 1960 g/mol. The molecule has 6 N–H and O–H groups in total. The Morgan fingerprint density at radius 1 is 0.394 bits per heavy atom. The molecule has 18 rings (SSSR count). The van der Waals surface area contributed by atoms with Crippen LogP contribution in [0.3, 0.4) is 0 Å². The summed E-state index contributed by atoms with van der Waals surface area (Å²) in [5.74, 6) is -1.08. The lowest BCUT2D eigenvalue weighted by Gasteiger charge is -2.19. The highest BCUT2D eigenvalue weighted by Gasteiger charge is 2.29. The number of aromatic nitrogens is 12. The van der Waals surface area contributed by atoms with E-state index in [9.17, 15) is 51.4 Å². The van der Waals surface area contributed by atoms with Crippen LogP contribution < -0.4 is 31.5 Å². The van der Waals surface area contributed by atoms with Gasteiger partial charge < -0.3 is 45.7 Å². The predicted molar refractivity (Wildman–Crippen MR) is 557 cm³/mol. The first kappa shape index (κ1) is 104. The Kier molecular flexibility index (Phi) is 39.9. The molecule has 720 valence electrons. The minimum Gasteiger partial charge on any atom is -0.373 e. The zero-order chi connectivity index (χ0) is 99.7. The summed E-state index contributed by atoms with van der Waals surface area (Å²) in [4.78, 5) is 96.4. The van der Waals surface area contributed by atoms with Crippen molar-refractivity contribution in [3.05, 3.63) is 350 Å². The van der Waals surface area contributed by atoms with Crippen molar-refractivity contribution < 1.29 is 51.4 Å². The van der Waals surface area contributed by atoms with Gasteiger partial charge in [0.15, 0.2) is 49.6 Å². The summed E-state index contributed by atoms with van der Waals surface area (Å²) >= 11 is 13.7. The third kappa shape index (κ3) is 32.2. The molecular formula is C98H85ClF4N26O7S6. The van der Waals surface area contributed by atoms with Gasteiger partial charge in [0.05, 0.1) is 64.4 Å². The number of hydrogen-bond acceptors (Lipinski definition) is 31. The molecule has 0 aliphatic carbocycles. The van der Waals surface area contributed by atoms with Crippen LogP contribution in [0.2, 0.25) is 0 Å². The number of thioether (sulfide) groups is 6. The van der Waals surface area contributed by atoms with Crippen LogP contribution in [0.25, 0.3) is 22.8 Å². The molecule has 2 unspecified atom stereocenters. The number of pyridine rings is 6. The lowest BCUT2D eigenvalue weighted by molar-refractivity contribution is -0.120. The molecule has 0 saturated carbocycles. The normalized spacial score (nSPS) is 12.9. The van der Waals surface area contributed by atoms with E-state index in [-0.39, 0.29) is 64.5 Å². The molecule has 4 aliphatic rings. The molecule has 0 saturated heterocycles. The van der Waals surface area contributed by atoms with E-state index in [0.717, 1.165) is 111 Å². The van der Waals surface area contributed by atoms with E-state index in [1.165, 1.54) is 64.3 Å². The van der Waals surface area contributed by atoms with Gasteiger partial charge in [0.25, 0.3) is 11.8 Å². The summed E-state index contributed by atoms with van der Waals surface area (Å²) in [7, 11) is 3.54. The summed E-state index contributed by atoms with van der Waals surface area (Å²) in [5.41, 5.74) is 9.03. The standard InChI is InChI=1S/C17H16ClN5OS.C17H17N5OS.C16H12F2N4OS.2C16H13FN4OS.C16H14N4O2S/c1-22(13-6-4-3-5-7-13)16(24)14(18)25-17-21-20-15(23(17)2)12-8-10-19-11-9-12;1-2-22-16(13-8-10-18-11-9-13)20-21-17(22)24-12-15(23)19-14-6-4-3-5-7-14;17-12-8-19-14(18)6-11(12)13-7-16(22-21-13)24-9-15(23)20-10-4-2-1-3-5-10;2*17-13-9-18-7-6-12(13)14-8-16(21-20-14)23-10-15(22)19-11-4-2-1-3-5-11;21-15(18-12-4-2-1-3-5-12)16(22)23-14-10-13(19-20-14)11-6-8-17-9-7-11/h3-11,14H,1-2H3;3-11H,2,12H2,1H3,(H,19,23);1-6,8H,7,9H2,(H,20,23);2*1-7,9H,8,10H2,(H,19,22);1-9,16,22H,10H2,(H,18,21). The van der Waals surface area contributed by atoms with Crippen LogP contribution >= 0.6 is 82.2 Å². The van der Waals surface area contributed by atoms with Crippen molar-refractivity contribution in [3.63, 3.8) is 0 Å². The number of carbonyl (C=O) groups excluding carboxylic acids is 6. The van der Waals surface area contributed by atoms with E-state index >= 15 is 0 Å². The largest absolute Gasteiger partial charge is 0.373 e. The molecule has 12 heterocycles. The highest BCUT2D eigenvalue weighted by atomic mass is 35.5. The second-order valence-corrected chi connectivity index (χ2v) is 36.5. The van der Waals surface area contributed by atoms with Crippen LogP contribution in [0.4, 0.5) is 51.7 Å². The highest BCUT2D eigenvalue weighted by molar-refractivity contribution is 8.15. The smallest absolute Gasteiger partial charge is 0.264 e. The lowest BCUT2D eigenvalue weighted by Crippen LogP contribution is -2.32. The number of hydrogen-bond donors (Lipinski definition) is 6. The van der Waals surface area contributed by atoms with Crippen LogP contribution in [0, 0.1) is 23.4 Å². The van der Waals surface area contributed by atoms with Gasteiger partial charge in [0.2, 0.25) is 29.6 Å². The number of alkyl halides is 1. The summed E-state index contributed by atoms with van der Waals surface area (Å²) in [6.07, 6.45) is 17.9. The Morgan fingerprint density at radius 3 is 1.18 bits per heavy atom. The van der Waals surface area contributed by atoms with Crippen molar-refractivity contribution in [2.24, 2.45) is 47.9 Å². The maximum Gasteiger partial charge on any atom is 0.264 e. The maximum atomic E-state index is 13.7. The number of nitrogens with zero attached hydrogens (tertiary/aromatic N) is 21. The molecule has 6 amide bonds. The number of carbonyl (C=O) groups is 6. The number of halogens is 5. The topological polar surface area (TPSA) is 424 Å². The van der Waals surface area contributed by atoms with Crippen LogP contribution in [-0.4, -0.2) is 183 Å². The maximum absolute atomic E-state index is 13.7. The summed E-state index contributed by atoms with van der Waals surface area (Å²) < 4.78 is 57.1. The quantitative estimate of drug-likeness (QED) is 0.00915. The number of anilines is 6. The molecule has 2 atom stereocenters. The van der Waals surface area contributed by atoms with Gasteiger partial charge in [0, 0.05) is 169 Å². The fourth-order valence-corrected chi connectivity index (χ4v) is 17.4. The first-order chi connectivity index (χ1) is 69.1. The van der Waals surface area contributed by atoms with E-state index in [4.69, 9.17) is 11.6 Å². The second kappa shape index (κ2) is 54.4. The Balaban J connectivity index is 0.000000143. The fourth-order valence-electron chi connectivity index (χ4n) is 12.6. The summed E-state index contributed by atoms with van der Waals surface area (Å²) in [6, 6.07) is 70.6. The Hall–Kier alpha value is -15.3. The minimum atomic E-state index is -1.24.